The number of carbonyl (C=O) groups is 3. The molecule has 184 valence electrons. The zero-order valence-electron chi connectivity index (χ0n) is 20.7. The molecule has 0 saturated heterocycles. The number of benzene rings is 1. The SMILES string of the molecule is CC(C)(C)C(=O)CN1C(=O)N(CC(=O)Nc2ccccn2)N=C(C2CCCCC2)c2ccccc21. The summed E-state index contributed by atoms with van der Waals surface area (Å²) in [7, 11) is 0. The van der Waals surface area contributed by atoms with Gasteiger partial charge in [0.15, 0.2) is 5.78 Å². The van der Waals surface area contributed by atoms with Gasteiger partial charge < -0.3 is 5.32 Å². The lowest BCUT2D eigenvalue weighted by Gasteiger charge is -2.28. The Balaban J connectivity index is 1.71. The number of Topliss-reactive ketones (excluding diaryl/α,β-unsaturated/α-hetero) is 1. The van der Waals surface area contributed by atoms with Gasteiger partial charge in [-0.3, -0.25) is 14.5 Å². The molecule has 3 amide bonds. The summed E-state index contributed by atoms with van der Waals surface area (Å²) in [5.74, 6) is 0.119. The fraction of sp³-hybridized carbons (Fsp3) is 0.444. The first kappa shape index (κ1) is 24.6. The molecule has 1 saturated carbocycles. The van der Waals surface area contributed by atoms with Gasteiger partial charge in [0.2, 0.25) is 5.91 Å². The lowest BCUT2D eigenvalue weighted by atomic mass is 9.83. The molecule has 2 aliphatic rings. The van der Waals surface area contributed by atoms with Crippen LogP contribution in [0.25, 0.3) is 0 Å². The highest BCUT2D eigenvalue weighted by Gasteiger charge is 2.36. The molecule has 35 heavy (non-hydrogen) atoms. The van der Waals surface area contributed by atoms with E-state index in [9.17, 15) is 14.4 Å². The van der Waals surface area contributed by atoms with E-state index < -0.39 is 17.4 Å². The number of hydrogen-bond donors (Lipinski definition) is 1. The van der Waals surface area contributed by atoms with Gasteiger partial charge in [-0.05, 0) is 31.0 Å². The predicted octanol–water partition coefficient (Wildman–Crippen LogP) is 4.86. The van der Waals surface area contributed by atoms with E-state index in [2.05, 4.69) is 10.3 Å². The van der Waals surface area contributed by atoms with Crippen LogP contribution in [0.1, 0.15) is 58.4 Å². The van der Waals surface area contributed by atoms with Gasteiger partial charge in [0, 0.05) is 23.1 Å². The topological polar surface area (TPSA) is 95.0 Å². The first-order valence-corrected chi connectivity index (χ1v) is 12.2. The number of urea groups is 1. The van der Waals surface area contributed by atoms with Gasteiger partial charge in [-0.15, -0.1) is 0 Å². The first-order chi connectivity index (χ1) is 16.7. The molecule has 1 fully saturated rings. The number of pyridine rings is 1. The number of anilines is 2. The minimum absolute atomic E-state index is 0.0698. The number of para-hydroxylation sites is 1. The summed E-state index contributed by atoms with van der Waals surface area (Å²) in [6.07, 6.45) is 6.94. The van der Waals surface area contributed by atoms with Gasteiger partial charge in [0.25, 0.3) is 0 Å². The third-order valence-electron chi connectivity index (χ3n) is 6.51. The average Bonchev–Trinajstić information content (AvgIpc) is 2.95. The number of amides is 3. The molecule has 4 rings (SSSR count). The fourth-order valence-corrected chi connectivity index (χ4v) is 4.46. The smallest absolute Gasteiger partial charge is 0.309 e. The molecular formula is C27H33N5O3. The van der Waals surface area contributed by atoms with E-state index in [-0.39, 0.29) is 24.8 Å². The van der Waals surface area contributed by atoms with Crippen LogP contribution in [0.4, 0.5) is 16.3 Å². The van der Waals surface area contributed by atoms with Crippen molar-refractivity contribution in [2.24, 2.45) is 16.4 Å². The highest BCUT2D eigenvalue weighted by atomic mass is 16.2. The second kappa shape index (κ2) is 10.4. The maximum atomic E-state index is 13.8. The largest absolute Gasteiger partial charge is 0.345 e. The highest BCUT2D eigenvalue weighted by molar-refractivity contribution is 6.13. The van der Waals surface area contributed by atoms with Crippen LogP contribution >= 0.6 is 0 Å². The van der Waals surface area contributed by atoms with Crippen molar-refractivity contribution in [2.45, 2.75) is 52.9 Å². The summed E-state index contributed by atoms with van der Waals surface area (Å²) in [6, 6.07) is 12.3. The van der Waals surface area contributed by atoms with Crippen LogP contribution in [0, 0.1) is 11.3 Å². The van der Waals surface area contributed by atoms with Crippen molar-refractivity contribution >= 4 is 34.9 Å². The van der Waals surface area contributed by atoms with Gasteiger partial charge in [-0.1, -0.05) is 64.3 Å². The summed E-state index contributed by atoms with van der Waals surface area (Å²) in [5, 5.41) is 8.72. The van der Waals surface area contributed by atoms with E-state index in [0.717, 1.165) is 37.0 Å². The number of carbonyl (C=O) groups excluding carboxylic acids is 3. The molecule has 1 aliphatic heterocycles. The molecule has 0 atom stereocenters. The molecule has 2 heterocycles. The first-order valence-electron chi connectivity index (χ1n) is 12.2. The van der Waals surface area contributed by atoms with Gasteiger partial charge in [0.1, 0.15) is 12.4 Å². The molecule has 2 aromatic rings. The molecule has 0 unspecified atom stereocenters. The average molecular weight is 476 g/mol. The molecular weight excluding hydrogens is 442 g/mol. The number of nitrogens with one attached hydrogen (secondary N) is 1. The van der Waals surface area contributed by atoms with Crippen LogP contribution in [-0.4, -0.2) is 46.5 Å². The number of aromatic nitrogens is 1. The van der Waals surface area contributed by atoms with E-state index >= 15 is 0 Å². The Kier molecular flexibility index (Phi) is 7.28. The predicted molar refractivity (Wildman–Crippen MR) is 136 cm³/mol. The van der Waals surface area contributed by atoms with E-state index in [0.29, 0.717) is 11.5 Å². The van der Waals surface area contributed by atoms with E-state index in [1.165, 1.54) is 16.3 Å². The molecule has 1 aromatic heterocycles. The van der Waals surface area contributed by atoms with Crippen LogP contribution in [0.3, 0.4) is 0 Å². The monoisotopic (exact) mass is 475 g/mol. The number of fused-ring (bicyclic) bond motifs is 1. The lowest BCUT2D eigenvalue weighted by molar-refractivity contribution is -0.124. The Morgan fingerprint density at radius 3 is 2.40 bits per heavy atom. The third kappa shape index (κ3) is 5.75. The summed E-state index contributed by atoms with van der Waals surface area (Å²) >= 11 is 0. The number of rotatable bonds is 6. The summed E-state index contributed by atoms with van der Waals surface area (Å²) < 4.78 is 0. The van der Waals surface area contributed by atoms with Crippen LogP contribution in [-0.2, 0) is 9.59 Å². The standard InChI is InChI=1S/C27H33N5O3/c1-27(2,3)22(33)17-31-21-14-8-7-13-20(21)25(19-11-5-4-6-12-19)30-32(26(31)35)18-24(34)29-23-15-9-10-16-28-23/h7-10,13-16,19H,4-6,11-12,17-18H2,1-3H3,(H,28,29,34). The van der Waals surface area contributed by atoms with Crippen molar-refractivity contribution in [2.75, 3.05) is 23.3 Å². The molecule has 8 heteroatoms. The van der Waals surface area contributed by atoms with Gasteiger partial charge >= 0.3 is 6.03 Å². The molecule has 1 aromatic carbocycles. The van der Waals surface area contributed by atoms with Crippen molar-refractivity contribution in [1.29, 1.82) is 0 Å². The Bertz CT molecular complexity index is 1120. The summed E-state index contributed by atoms with van der Waals surface area (Å²) in [6.45, 7) is 5.15. The zero-order valence-corrected chi connectivity index (χ0v) is 20.7. The Morgan fingerprint density at radius 1 is 1.00 bits per heavy atom. The number of ketones is 1. The molecule has 0 spiro atoms. The van der Waals surface area contributed by atoms with Crippen molar-refractivity contribution in [3.8, 4) is 0 Å². The van der Waals surface area contributed by atoms with Crippen molar-refractivity contribution in [1.82, 2.24) is 9.99 Å². The number of nitrogens with zero attached hydrogens (tertiary/aromatic N) is 4. The zero-order chi connectivity index (χ0) is 25.0. The number of hydrazone groups is 1. The maximum absolute atomic E-state index is 13.8. The summed E-state index contributed by atoms with van der Waals surface area (Å²) in [4.78, 5) is 45.3. The second-order valence-electron chi connectivity index (χ2n) is 10.2. The quantitative estimate of drug-likeness (QED) is 0.645. The van der Waals surface area contributed by atoms with Gasteiger partial charge in [-0.25, -0.2) is 14.8 Å². The maximum Gasteiger partial charge on any atom is 0.345 e. The van der Waals surface area contributed by atoms with Crippen LogP contribution in [0.2, 0.25) is 0 Å². The normalized spacial score (nSPS) is 16.9. The third-order valence-corrected chi connectivity index (χ3v) is 6.51. The Hall–Kier alpha value is -3.55. The Morgan fingerprint density at radius 2 is 1.71 bits per heavy atom. The van der Waals surface area contributed by atoms with Crippen LogP contribution in [0.15, 0.2) is 53.8 Å². The lowest BCUT2D eigenvalue weighted by Crippen LogP contribution is -2.47. The minimum atomic E-state index is -0.615. The molecule has 1 aliphatic carbocycles. The van der Waals surface area contributed by atoms with Crippen LogP contribution < -0.4 is 10.2 Å². The van der Waals surface area contributed by atoms with Gasteiger partial charge in [-0.2, -0.15) is 5.10 Å². The van der Waals surface area contributed by atoms with Crippen LogP contribution in [0.5, 0.6) is 0 Å². The Labute approximate surface area is 206 Å². The fourth-order valence-electron chi connectivity index (χ4n) is 4.46. The molecule has 0 bridgehead atoms. The summed E-state index contributed by atoms with van der Waals surface area (Å²) in [5.41, 5.74) is 1.70. The molecule has 8 nitrogen and oxygen atoms in total. The number of hydrogen-bond acceptors (Lipinski definition) is 5. The van der Waals surface area contributed by atoms with Crippen molar-refractivity contribution < 1.29 is 14.4 Å². The van der Waals surface area contributed by atoms with E-state index in [1.54, 1.807) is 24.4 Å². The minimum Gasteiger partial charge on any atom is -0.309 e. The second-order valence-corrected chi connectivity index (χ2v) is 10.2. The van der Waals surface area contributed by atoms with Gasteiger partial charge in [0.05, 0.1) is 17.9 Å². The van der Waals surface area contributed by atoms with E-state index in [1.807, 2.05) is 45.0 Å². The van der Waals surface area contributed by atoms with Crippen molar-refractivity contribution in [3.05, 3.63) is 54.2 Å². The van der Waals surface area contributed by atoms with E-state index in [4.69, 9.17) is 5.10 Å². The molecule has 0 radical (unpaired) electrons. The van der Waals surface area contributed by atoms with Crippen molar-refractivity contribution in [3.63, 3.8) is 0 Å². The highest BCUT2D eigenvalue weighted by Crippen LogP contribution is 2.34. The molecule has 1 N–H and O–H groups in total.